The third kappa shape index (κ3) is 3.29. The normalized spacial score (nSPS) is 14.9. The number of benzene rings is 1. The summed E-state index contributed by atoms with van der Waals surface area (Å²) in [6.45, 7) is 0.751. The van der Waals surface area contributed by atoms with Crippen molar-refractivity contribution in [3.8, 4) is 0 Å². The zero-order valence-electron chi connectivity index (χ0n) is 10.3. The van der Waals surface area contributed by atoms with E-state index in [4.69, 9.17) is 18.0 Å². The highest BCUT2D eigenvalue weighted by molar-refractivity contribution is 7.80. The average Bonchev–Trinajstić information content (AvgIpc) is 2.32. The summed E-state index contributed by atoms with van der Waals surface area (Å²) >= 11 is 4.90. The second-order valence-corrected chi connectivity index (χ2v) is 5.23. The van der Waals surface area contributed by atoms with E-state index >= 15 is 0 Å². The lowest BCUT2D eigenvalue weighted by molar-refractivity contribution is 0.0949. The molecule has 1 amide bonds. The molecule has 1 fully saturated rings. The number of amides is 1. The lowest BCUT2D eigenvalue weighted by Crippen LogP contribution is -2.27. The third-order valence-corrected chi connectivity index (χ3v) is 3.71. The van der Waals surface area contributed by atoms with Gasteiger partial charge in [0.1, 0.15) is 4.99 Å². The first-order valence-corrected chi connectivity index (χ1v) is 6.75. The monoisotopic (exact) mass is 262 g/mol. The highest BCUT2D eigenvalue weighted by atomic mass is 32.1. The van der Waals surface area contributed by atoms with Gasteiger partial charge in [0.05, 0.1) is 0 Å². The van der Waals surface area contributed by atoms with Crippen LogP contribution in [-0.2, 0) is 0 Å². The molecule has 4 heteroatoms. The summed E-state index contributed by atoms with van der Waals surface area (Å²) < 4.78 is 0. The maximum atomic E-state index is 11.9. The van der Waals surface area contributed by atoms with Gasteiger partial charge in [-0.1, -0.05) is 43.6 Å². The number of rotatable bonds is 5. The fraction of sp³-hybridized carbons (Fsp3) is 0.429. The number of nitrogens with two attached hydrogens (primary N) is 1. The maximum absolute atomic E-state index is 11.9. The second kappa shape index (κ2) is 5.96. The van der Waals surface area contributed by atoms with Gasteiger partial charge in [-0.25, -0.2) is 0 Å². The zero-order valence-corrected chi connectivity index (χ0v) is 11.1. The minimum absolute atomic E-state index is 0.0487. The molecule has 3 N–H and O–H groups in total. The van der Waals surface area contributed by atoms with Gasteiger partial charge in [-0.3, -0.25) is 4.79 Å². The number of hydrogen-bond acceptors (Lipinski definition) is 2. The van der Waals surface area contributed by atoms with Crippen LogP contribution in [0.15, 0.2) is 24.3 Å². The van der Waals surface area contributed by atoms with Crippen LogP contribution in [0.1, 0.15) is 41.6 Å². The lowest BCUT2D eigenvalue weighted by atomic mass is 9.83. The molecule has 0 atom stereocenters. The van der Waals surface area contributed by atoms with Crippen molar-refractivity contribution < 1.29 is 4.79 Å². The lowest BCUT2D eigenvalue weighted by Gasteiger charge is -2.25. The molecule has 0 radical (unpaired) electrons. The van der Waals surface area contributed by atoms with E-state index in [-0.39, 0.29) is 5.91 Å². The minimum Gasteiger partial charge on any atom is -0.389 e. The Bertz CT molecular complexity index is 455. The molecule has 96 valence electrons. The molecule has 18 heavy (non-hydrogen) atoms. The third-order valence-electron chi connectivity index (χ3n) is 3.47. The molecular formula is C14H18N2OS. The van der Waals surface area contributed by atoms with Crippen molar-refractivity contribution in [3.63, 3.8) is 0 Å². The van der Waals surface area contributed by atoms with Crippen molar-refractivity contribution in [3.05, 3.63) is 35.4 Å². The SMILES string of the molecule is NC(=S)c1cccc(C(=O)NCCC2CCC2)c1. The second-order valence-electron chi connectivity index (χ2n) is 4.79. The zero-order chi connectivity index (χ0) is 13.0. The number of carbonyl (C=O) groups excluding carboxylic acids is 1. The summed E-state index contributed by atoms with van der Waals surface area (Å²) in [5.41, 5.74) is 6.90. The molecule has 1 aliphatic rings. The van der Waals surface area contributed by atoms with E-state index in [1.54, 1.807) is 18.2 Å². The fourth-order valence-electron chi connectivity index (χ4n) is 2.09. The smallest absolute Gasteiger partial charge is 0.251 e. The standard InChI is InChI=1S/C14H18N2OS/c15-13(18)11-5-2-6-12(9-11)14(17)16-8-7-10-3-1-4-10/h2,5-6,9-10H,1,3-4,7-8H2,(H2,15,18)(H,16,17). The number of carbonyl (C=O) groups is 1. The van der Waals surface area contributed by atoms with E-state index in [1.165, 1.54) is 19.3 Å². The van der Waals surface area contributed by atoms with Crippen molar-refractivity contribution in [1.82, 2.24) is 5.32 Å². The van der Waals surface area contributed by atoms with Gasteiger partial charge in [-0.15, -0.1) is 0 Å². The average molecular weight is 262 g/mol. The van der Waals surface area contributed by atoms with E-state index in [2.05, 4.69) is 5.32 Å². The van der Waals surface area contributed by atoms with Gasteiger partial charge in [0.2, 0.25) is 0 Å². The van der Waals surface area contributed by atoms with Crippen molar-refractivity contribution in [1.29, 1.82) is 0 Å². The van der Waals surface area contributed by atoms with Gasteiger partial charge < -0.3 is 11.1 Å². The van der Waals surface area contributed by atoms with Crippen LogP contribution >= 0.6 is 12.2 Å². The Hall–Kier alpha value is -1.42. The Labute approximate surface area is 113 Å². The van der Waals surface area contributed by atoms with E-state index in [0.29, 0.717) is 10.6 Å². The van der Waals surface area contributed by atoms with Crippen molar-refractivity contribution >= 4 is 23.1 Å². The van der Waals surface area contributed by atoms with Crippen LogP contribution in [0.2, 0.25) is 0 Å². The van der Waals surface area contributed by atoms with Crippen molar-refractivity contribution in [2.75, 3.05) is 6.54 Å². The van der Waals surface area contributed by atoms with E-state index in [0.717, 1.165) is 24.4 Å². The van der Waals surface area contributed by atoms with Crippen LogP contribution in [0, 0.1) is 5.92 Å². The van der Waals surface area contributed by atoms with Crippen LogP contribution in [-0.4, -0.2) is 17.4 Å². The van der Waals surface area contributed by atoms with Crippen LogP contribution in [0.4, 0.5) is 0 Å². The minimum atomic E-state index is -0.0487. The molecule has 0 aliphatic heterocycles. The van der Waals surface area contributed by atoms with E-state index < -0.39 is 0 Å². The molecule has 0 spiro atoms. The van der Waals surface area contributed by atoms with Gasteiger partial charge in [0.25, 0.3) is 5.91 Å². The molecule has 1 aromatic rings. The van der Waals surface area contributed by atoms with Gasteiger partial charge in [-0.05, 0) is 24.5 Å². The summed E-state index contributed by atoms with van der Waals surface area (Å²) in [6.07, 6.45) is 5.05. The Kier molecular flexibility index (Phi) is 4.31. The van der Waals surface area contributed by atoms with E-state index in [1.807, 2.05) is 6.07 Å². The van der Waals surface area contributed by atoms with Crippen LogP contribution in [0.5, 0.6) is 0 Å². The van der Waals surface area contributed by atoms with Gasteiger partial charge in [0.15, 0.2) is 0 Å². The molecule has 1 aliphatic carbocycles. The van der Waals surface area contributed by atoms with Crippen molar-refractivity contribution in [2.45, 2.75) is 25.7 Å². The molecule has 0 heterocycles. The number of thiocarbonyl (C=S) groups is 1. The first kappa shape index (κ1) is 13.0. The predicted octanol–water partition coefficient (Wildman–Crippen LogP) is 2.24. The van der Waals surface area contributed by atoms with Gasteiger partial charge >= 0.3 is 0 Å². The summed E-state index contributed by atoms with van der Waals surface area (Å²) in [6, 6.07) is 7.13. The first-order valence-electron chi connectivity index (χ1n) is 6.35. The summed E-state index contributed by atoms with van der Waals surface area (Å²) in [7, 11) is 0. The summed E-state index contributed by atoms with van der Waals surface area (Å²) in [4.78, 5) is 12.2. The number of nitrogens with one attached hydrogen (secondary N) is 1. The van der Waals surface area contributed by atoms with Crippen LogP contribution < -0.4 is 11.1 Å². The van der Waals surface area contributed by atoms with E-state index in [9.17, 15) is 4.79 Å². The molecule has 0 saturated heterocycles. The predicted molar refractivity (Wildman–Crippen MR) is 76.6 cm³/mol. The summed E-state index contributed by atoms with van der Waals surface area (Å²) in [5, 5.41) is 2.94. The molecule has 1 aromatic carbocycles. The van der Waals surface area contributed by atoms with Gasteiger partial charge in [-0.2, -0.15) is 0 Å². The molecular weight excluding hydrogens is 244 g/mol. The highest BCUT2D eigenvalue weighted by Crippen LogP contribution is 2.28. The highest BCUT2D eigenvalue weighted by Gasteiger charge is 2.17. The quantitative estimate of drug-likeness (QED) is 0.800. The molecule has 3 nitrogen and oxygen atoms in total. The summed E-state index contributed by atoms with van der Waals surface area (Å²) in [5.74, 6) is 0.765. The largest absolute Gasteiger partial charge is 0.389 e. The Morgan fingerprint density at radius 2 is 2.11 bits per heavy atom. The fourth-order valence-corrected chi connectivity index (χ4v) is 2.21. The maximum Gasteiger partial charge on any atom is 0.251 e. The van der Waals surface area contributed by atoms with Crippen LogP contribution in [0.25, 0.3) is 0 Å². The molecule has 1 saturated carbocycles. The topological polar surface area (TPSA) is 55.1 Å². The van der Waals surface area contributed by atoms with Crippen molar-refractivity contribution in [2.24, 2.45) is 11.7 Å². The molecule has 2 rings (SSSR count). The Morgan fingerprint density at radius 1 is 1.39 bits per heavy atom. The molecule has 0 bridgehead atoms. The molecule has 0 aromatic heterocycles. The molecule has 0 unspecified atom stereocenters. The first-order chi connectivity index (χ1) is 8.66. The van der Waals surface area contributed by atoms with Gasteiger partial charge in [0, 0.05) is 17.7 Å². The van der Waals surface area contributed by atoms with Crippen LogP contribution in [0.3, 0.4) is 0 Å². The number of hydrogen-bond donors (Lipinski definition) is 2. The Morgan fingerprint density at radius 3 is 2.72 bits per heavy atom. The Balaban J connectivity index is 1.87.